The van der Waals surface area contributed by atoms with Crippen LogP contribution in [-0.2, 0) is 0 Å². The van der Waals surface area contributed by atoms with Gasteiger partial charge in [-0.05, 0) is 36.4 Å². The molecule has 0 fully saturated rings. The Balaban J connectivity index is 1.83. The van der Waals surface area contributed by atoms with E-state index >= 15 is 0 Å². The second-order valence-corrected chi connectivity index (χ2v) is 4.50. The van der Waals surface area contributed by atoms with Crippen molar-refractivity contribution in [3.63, 3.8) is 0 Å². The van der Waals surface area contributed by atoms with E-state index in [1.807, 2.05) is 42.5 Å². The van der Waals surface area contributed by atoms with Crippen LogP contribution < -0.4 is 4.74 Å². The van der Waals surface area contributed by atoms with Crippen molar-refractivity contribution in [2.45, 2.75) is 0 Å². The summed E-state index contributed by atoms with van der Waals surface area (Å²) in [6, 6.07) is 22.0. The fourth-order valence-corrected chi connectivity index (χ4v) is 1.99. The van der Waals surface area contributed by atoms with E-state index in [1.165, 1.54) is 0 Å². The molecule has 0 bridgehead atoms. The molecule has 3 nitrogen and oxygen atoms in total. The van der Waals surface area contributed by atoms with Gasteiger partial charge in [-0.2, -0.15) is 0 Å². The van der Waals surface area contributed by atoms with Crippen molar-refractivity contribution in [1.29, 1.82) is 0 Å². The molecular weight excluding hydrogens is 262 g/mol. The zero-order valence-corrected chi connectivity index (χ0v) is 11.3. The first-order chi connectivity index (χ1) is 10.3. The summed E-state index contributed by atoms with van der Waals surface area (Å²) in [5, 5.41) is 0. The van der Waals surface area contributed by atoms with E-state index in [2.05, 4.69) is 4.98 Å². The molecule has 0 amide bonds. The monoisotopic (exact) mass is 275 g/mol. The Morgan fingerprint density at radius 3 is 2.43 bits per heavy atom. The average molecular weight is 275 g/mol. The molecule has 1 heterocycles. The first-order valence-corrected chi connectivity index (χ1v) is 6.61. The maximum absolute atomic E-state index is 12.0. The number of pyridine rings is 1. The van der Waals surface area contributed by atoms with Crippen LogP contribution in [0.4, 0.5) is 0 Å². The van der Waals surface area contributed by atoms with Gasteiger partial charge in [0.05, 0.1) is 11.3 Å². The summed E-state index contributed by atoms with van der Waals surface area (Å²) in [6.07, 6.45) is 1.73. The van der Waals surface area contributed by atoms with Crippen LogP contribution in [0.5, 0.6) is 5.75 Å². The van der Waals surface area contributed by atoms with Gasteiger partial charge in [0.1, 0.15) is 5.75 Å². The molecule has 3 rings (SSSR count). The van der Waals surface area contributed by atoms with E-state index < -0.39 is 0 Å². The lowest BCUT2D eigenvalue weighted by molar-refractivity contribution is 0.0735. The number of esters is 1. The third-order valence-corrected chi connectivity index (χ3v) is 3.01. The molecule has 0 unspecified atom stereocenters. The predicted molar refractivity (Wildman–Crippen MR) is 81.1 cm³/mol. The summed E-state index contributed by atoms with van der Waals surface area (Å²) in [5.74, 6) is 0.140. The van der Waals surface area contributed by atoms with Crippen LogP contribution in [0.3, 0.4) is 0 Å². The van der Waals surface area contributed by atoms with E-state index in [1.54, 1.807) is 36.5 Å². The smallest absolute Gasteiger partial charge is 0.343 e. The molecule has 0 aliphatic heterocycles. The summed E-state index contributed by atoms with van der Waals surface area (Å²) in [7, 11) is 0. The Morgan fingerprint density at radius 2 is 1.67 bits per heavy atom. The number of benzene rings is 2. The van der Waals surface area contributed by atoms with Crippen molar-refractivity contribution in [1.82, 2.24) is 4.98 Å². The first-order valence-electron chi connectivity index (χ1n) is 6.61. The molecule has 21 heavy (non-hydrogen) atoms. The van der Waals surface area contributed by atoms with Gasteiger partial charge < -0.3 is 4.74 Å². The first kappa shape index (κ1) is 13.1. The van der Waals surface area contributed by atoms with Gasteiger partial charge in [-0.15, -0.1) is 0 Å². The molecule has 0 aliphatic rings. The molecular formula is C18H13NO2. The van der Waals surface area contributed by atoms with Crippen LogP contribution in [-0.4, -0.2) is 11.0 Å². The van der Waals surface area contributed by atoms with Crippen molar-refractivity contribution in [3.05, 3.63) is 84.6 Å². The van der Waals surface area contributed by atoms with Crippen LogP contribution in [0, 0.1) is 0 Å². The molecule has 3 aromatic rings. The van der Waals surface area contributed by atoms with Crippen LogP contribution in [0.15, 0.2) is 79.0 Å². The zero-order chi connectivity index (χ0) is 14.5. The van der Waals surface area contributed by atoms with Crippen molar-refractivity contribution < 1.29 is 9.53 Å². The fourth-order valence-electron chi connectivity index (χ4n) is 1.99. The molecule has 0 spiro atoms. The number of carbonyl (C=O) groups excluding carboxylic acids is 1. The number of rotatable bonds is 3. The van der Waals surface area contributed by atoms with Gasteiger partial charge in [0.25, 0.3) is 0 Å². The van der Waals surface area contributed by atoms with E-state index in [-0.39, 0.29) is 5.97 Å². The second kappa shape index (κ2) is 6.01. The zero-order valence-electron chi connectivity index (χ0n) is 11.3. The molecule has 3 heteroatoms. The molecule has 0 N–H and O–H groups in total. The summed E-state index contributed by atoms with van der Waals surface area (Å²) < 4.78 is 5.40. The minimum atomic E-state index is -0.367. The maximum atomic E-state index is 12.0. The molecule has 0 atom stereocenters. The molecule has 102 valence electrons. The van der Waals surface area contributed by atoms with Crippen LogP contribution in [0.25, 0.3) is 11.3 Å². The molecule has 1 aromatic heterocycles. The highest BCUT2D eigenvalue weighted by atomic mass is 16.5. The average Bonchev–Trinajstić information content (AvgIpc) is 2.57. The Bertz CT molecular complexity index is 739. The Labute approximate surface area is 122 Å². The summed E-state index contributed by atoms with van der Waals surface area (Å²) in [6.45, 7) is 0. The van der Waals surface area contributed by atoms with Gasteiger partial charge in [-0.25, -0.2) is 4.79 Å². The maximum Gasteiger partial charge on any atom is 0.343 e. The SMILES string of the molecule is O=C(Oc1cccc(-c2ccccn2)c1)c1ccccc1. The fraction of sp³-hybridized carbons (Fsp3) is 0. The normalized spacial score (nSPS) is 10.1. The molecule has 0 radical (unpaired) electrons. The Morgan fingerprint density at radius 1 is 0.857 bits per heavy atom. The summed E-state index contributed by atoms with van der Waals surface area (Å²) in [5.41, 5.74) is 2.28. The van der Waals surface area contributed by atoms with Gasteiger partial charge in [0.2, 0.25) is 0 Å². The highest BCUT2D eigenvalue weighted by Gasteiger charge is 2.08. The highest BCUT2D eigenvalue weighted by Crippen LogP contribution is 2.22. The molecule has 0 saturated carbocycles. The molecule has 2 aromatic carbocycles. The highest BCUT2D eigenvalue weighted by molar-refractivity contribution is 5.91. The lowest BCUT2D eigenvalue weighted by Gasteiger charge is -2.06. The van der Waals surface area contributed by atoms with Crippen LogP contribution in [0.1, 0.15) is 10.4 Å². The lowest BCUT2D eigenvalue weighted by Crippen LogP contribution is -2.08. The minimum Gasteiger partial charge on any atom is -0.423 e. The number of hydrogen-bond donors (Lipinski definition) is 0. The number of aromatic nitrogens is 1. The van der Waals surface area contributed by atoms with Crippen LogP contribution >= 0.6 is 0 Å². The van der Waals surface area contributed by atoms with Crippen LogP contribution in [0.2, 0.25) is 0 Å². The van der Waals surface area contributed by atoms with Gasteiger partial charge in [-0.1, -0.05) is 36.4 Å². The van der Waals surface area contributed by atoms with Gasteiger partial charge in [0, 0.05) is 11.8 Å². The number of ether oxygens (including phenoxy) is 1. The van der Waals surface area contributed by atoms with Crippen molar-refractivity contribution >= 4 is 5.97 Å². The third kappa shape index (κ3) is 3.15. The predicted octanol–water partition coefficient (Wildman–Crippen LogP) is 3.97. The third-order valence-electron chi connectivity index (χ3n) is 3.01. The van der Waals surface area contributed by atoms with E-state index in [0.717, 1.165) is 11.3 Å². The number of hydrogen-bond acceptors (Lipinski definition) is 3. The minimum absolute atomic E-state index is 0.367. The van der Waals surface area contributed by atoms with Gasteiger partial charge in [-0.3, -0.25) is 4.98 Å². The molecule has 0 saturated heterocycles. The Hall–Kier alpha value is -2.94. The largest absolute Gasteiger partial charge is 0.423 e. The topological polar surface area (TPSA) is 39.2 Å². The van der Waals surface area contributed by atoms with Gasteiger partial charge >= 0.3 is 5.97 Å². The van der Waals surface area contributed by atoms with E-state index in [9.17, 15) is 4.79 Å². The standard InChI is InChI=1S/C18H13NO2/c20-18(14-7-2-1-3-8-14)21-16-10-6-9-15(13-16)17-11-4-5-12-19-17/h1-13H. The van der Waals surface area contributed by atoms with E-state index in [4.69, 9.17) is 4.74 Å². The summed E-state index contributed by atoms with van der Waals surface area (Å²) >= 11 is 0. The van der Waals surface area contributed by atoms with Crippen molar-refractivity contribution in [2.75, 3.05) is 0 Å². The quantitative estimate of drug-likeness (QED) is 0.536. The lowest BCUT2D eigenvalue weighted by atomic mass is 10.1. The molecule has 0 aliphatic carbocycles. The summed E-state index contributed by atoms with van der Waals surface area (Å²) in [4.78, 5) is 16.3. The Kier molecular flexibility index (Phi) is 3.74. The van der Waals surface area contributed by atoms with Crippen molar-refractivity contribution in [3.8, 4) is 17.0 Å². The van der Waals surface area contributed by atoms with Gasteiger partial charge in [0.15, 0.2) is 0 Å². The van der Waals surface area contributed by atoms with E-state index in [0.29, 0.717) is 11.3 Å². The number of nitrogens with zero attached hydrogens (tertiary/aromatic N) is 1. The second-order valence-electron chi connectivity index (χ2n) is 4.50. The van der Waals surface area contributed by atoms with Crippen molar-refractivity contribution in [2.24, 2.45) is 0 Å². The number of carbonyl (C=O) groups is 1.